The van der Waals surface area contributed by atoms with Crippen LogP contribution in [0.15, 0.2) is 48.5 Å². The molecule has 0 aliphatic carbocycles. The van der Waals surface area contributed by atoms with Gasteiger partial charge in [0.15, 0.2) is 5.13 Å². The van der Waals surface area contributed by atoms with E-state index in [0.29, 0.717) is 21.3 Å². The van der Waals surface area contributed by atoms with E-state index < -0.39 is 11.9 Å². The van der Waals surface area contributed by atoms with Crippen LogP contribution in [0.1, 0.15) is 20.0 Å². The van der Waals surface area contributed by atoms with Crippen LogP contribution in [0.3, 0.4) is 0 Å². The number of thiazole rings is 1. The number of halogens is 1. The number of nitrogens with two attached hydrogens (primary N) is 1. The average molecular weight is 388 g/mol. The second-order valence-electron chi connectivity index (χ2n) is 5.24. The third-order valence-electron chi connectivity index (χ3n) is 3.53. The molecule has 132 valence electrons. The molecule has 3 aromatic rings. The highest BCUT2D eigenvalue weighted by molar-refractivity contribution is 7.17. The maximum atomic E-state index is 12.8. The minimum Gasteiger partial charge on any atom is -0.465 e. The van der Waals surface area contributed by atoms with Crippen molar-refractivity contribution >= 4 is 45.6 Å². The lowest BCUT2D eigenvalue weighted by Crippen LogP contribution is -2.13. The fourth-order valence-electron chi connectivity index (χ4n) is 2.33. The maximum Gasteiger partial charge on any atom is 0.337 e. The van der Waals surface area contributed by atoms with Crippen molar-refractivity contribution < 1.29 is 14.3 Å². The highest BCUT2D eigenvalue weighted by atomic mass is 35.5. The standard InChI is InChI=1S/C18H14ClN3O3S/c1-25-17(24)11-7-8-12(19)13(9-11)21-16(23)15-14(22-18(20)26-15)10-5-3-2-4-6-10/h2-9H,1H3,(H2,20,22)(H,21,23). The van der Waals surface area contributed by atoms with E-state index in [1.54, 1.807) is 0 Å². The van der Waals surface area contributed by atoms with Gasteiger partial charge in [0, 0.05) is 5.56 Å². The Morgan fingerprint density at radius 1 is 1.19 bits per heavy atom. The van der Waals surface area contributed by atoms with Crippen molar-refractivity contribution in [2.75, 3.05) is 18.2 Å². The van der Waals surface area contributed by atoms with Gasteiger partial charge >= 0.3 is 5.97 Å². The van der Waals surface area contributed by atoms with Crippen molar-refractivity contribution in [2.45, 2.75) is 0 Å². The molecule has 1 amide bonds. The summed E-state index contributed by atoms with van der Waals surface area (Å²) >= 11 is 7.21. The van der Waals surface area contributed by atoms with Crippen LogP contribution in [0, 0.1) is 0 Å². The second kappa shape index (κ2) is 7.55. The lowest BCUT2D eigenvalue weighted by molar-refractivity contribution is 0.0600. The lowest BCUT2D eigenvalue weighted by Gasteiger charge is -2.09. The summed E-state index contributed by atoms with van der Waals surface area (Å²) < 4.78 is 4.68. The Bertz CT molecular complexity index is 973. The van der Waals surface area contributed by atoms with Gasteiger partial charge in [0.2, 0.25) is 0 Å². The Labute approximate surface area is 158 Å². The number of nitrogen functional groups attached to an aromatic ring is 1. The van der Waals surface area contributed by atoms with E-state index >= 15 is 0 Å². The summed E-state index contributed by atoms with van der Waals surface area (Å²) in [6, 6.07) is 13.8. The van der Waals surface area contributed by atoms with Crippen LogP contribution in [0.5, 0.6) is 0 Å². The number of esters is 1. The number of anilines is 2. The van der Waals surface area contributed by atoms with Gasteiger partial charge in [-0.2, -0.15) is 0 Å². The predicted octanol–water partition coefficient (Wildman–Crippen LogP) is 4.08. The molecule has 3 N–H and O–H groups in total. The van der Waals surface area contributed by atoms with Crippen molar-refractivity contribution in [3.63, 3.8) is 0 Å². The number of hydrogen-bond donors (Lipinski definition) is 2. The third-order valence-corrected chi connectivity index (χ3v) is 4.75. The van der Waals surface area contributed by atoms with Crippen molar-refractivity contribution in [3.8, 4) is 11.3 Å². The van der Waals surface area contributed by atoms with E-state index in [-0.39, 0.29) is 10.7 Å². The number of amides is 1. The zero-order chi connectivity index (χ0) is 18.7. The molecule has 6 nitrogen and oxygen atoms in total. The first-order valence-corrected chi connectivity index (χ1v) is 8.70. The van der Waals surface area contributed by atoms with Crippen LogP contribution in [-0.2, 0) is 4.74 Å². The molecule has 0 saturated heterocycles. The molecular formula is C18H14ClN3O3S. The van der Waals surface area contributed by atoms with Gasteiger partial charge in [-0.1, -0.05) is 53.3 Å². The first-order valence-electron chi connectivity index (χ1n) is 7.50. The molecule has 2 aromatic carbocycles. The number of nitrogens with one attached hydrogen (secondary N) is 1. The molecule has 0 aliphatic heterocycles. The van der Waals surface area contributed by atoms with E-state index in [1.807, 2.05) is 30.3 Å². The SMILES string of the molecule is COC(=O)c1ccc(Cl)c(NC(=O)c2sc(N)nc2-c2ccccc2)c1. The summed E-state index contributed by atoms with van der Waals surface area (Å²) in [7, 11) is 1.28. The first kappa shape index (κ1) is 17.9. The summed E-state index contributed by atoms with van der Waals surface area (Å²) in [4.78, 5) is 29.0. The highest BCUT2D eigenvalue weighted by Gasteiger charge is 2.20. The van der Waals surface area contributed by atoms with Crippen LogP contribution in [0.25, 0.3) is 11.3 Å². The normalized spacial score (nSPS) is 10.4. The quantitative estimate of drug-likeness (QED) is 0.657. The Morgan fingerprint density at radius 2 is 1.92 bits per heavy atom. The summed E-state index contributed by atoms with van der Waals surface area (Å²) in [6.45, 7) is 0. The van der Waals surface area contributed by atoms with Gasteiger partial charge in [-0.15, -0.1) is 0 Å². The molecule has 1 aromatic heterocycles. The van der Waals surface area contributed by atoms with Gasteiger partial charge in [-0.05, 0) is 18.2 Å². The monoisotopic (exact) mass is 387 g/mol. The van der Waals surface area contributed by atoms with E-state index in [2.05, 4.69) is 15.0 Å². The third kappa shape index (κ3) is 3.68. The number of benzene rings is 2. The average Bonchev–Trinajstić information content (AvgIpc) is 3.05. The molecule has 0 bridgehead atoms. The Balaban J connectivity index is 1.94. The van der Waals surface area contributed by atoms with Gasteiger partial charge in [0.25, 0.3) is 5.91 Å². The number of nitrogens with zero attached hydrogens (tertiary/aromatic N) is 1. The summed E-state index contributed by atoms with van der Waals surface area (Å²) in [5.41, 5.74) is 7.64. The molecule has 0 aliphatic rings. The minimum absolute atomic E-state index is 0.277. The van der Waals surface area contributed by atoms with E-state index in [4.69, 9.17) is 17.3 Å². The molecule has 0 unspecified atom stereocenters. The van der Waals surface area contributed by atoms with Crippen molar-refractivity contribution in [1.29, 1.82) is 0 Å². The van der Waals surface area contributed by atoms with Gasteiger partial charge in [-0.25, -0.2) is 9.78 Å². The Kier molecular flexibility index (Phi) is 5.20. The molecule has 1 heterocycles. The number of aromatic nitrogens is 1. The van der Waals surface area contributed by atoms with Gasteiger partial charge < -0.3 is 15.8 Å². The summed E-state index contributed by atoms with van der Waals surface area (Å²) in [5, 5.41) is 3.28. The highest BCUT2D eigenvalue weighted by Crippen LogP contribution is 2.31. The van der Waals surface area contributed by atoms with Crippen LogP contribution in [-0.4, -0.2) is 24.0 Å². The van der Waals surface area contributed by atoms with Crippen LogP contribution in [0.4, 0.5) is 10.8 Å². The molecule has 0 fully saturated rings. The molecule has 0 atom stereocenters. The zero-order valence-electron chi connectivity index (χ0n) is 13.7. The fourth-order valence-corrected chi connectivity index (χ4v) is 3.24. The number of methoxy groups -OCH3 is 1. The fraction of sp³-hybridized carbons (Fsp3) is 0.0556. The van der Waals surface area contributed by atoms with Crippen LogP contribution < -0.4 is 11.1 Å². The lowest BCUT2D eigenvalue weighted by atomic mass is 10.1. The molecular weight excluding hydrogens is 374 g/mol. The van der Waals surface area contributed by atoms with E-state index in [0.717, 1.165) is 16.9 Å². The smallest absolute Gasteiger partial charge is 0.337 e. The van der Waals surface area contributed by atoms with Gasteiger partial charge in [0.05, 0.1) is 29.1 Å². The number of rotatable bonds is 4. The summed E-state index contributed by atoms with van der Waals surface area (Å²) in [6.07, 6.45) is 0. The van der Waals surface area contributed by atoms with Gasteiger partial charge in [0.1, 0.15) is 4.88 Å². The molecule has 0 radical (unpaired) electrons. The number of hydrogen-bond acceptors (Lipinski definition) is 6. The van der Waals surface area contributed by atoms with Crippen molar-refractivity contribution in [3.05, 3.63) is 64.0 Å². The molecule has 0 saturated carbocycles. The first-order chi connectivity index (χ1) is 12.5. The maximum absolute atomic E-state index is 12.8. The molecule has 3 rings (SSSR count). The topological polar surface area (TPSA) is 94.3 Å². The van der Waals surface area contributed by atoms with Crippen LogP contribution in [0.2, 0.25) is 5.02 Å². The zero-order valence-corrected chi connectivity index (χ0v) is 15.2. The summed E-state index contributed by atoms with van der Waals surface area (Å²) in [5.74, 6) is -0.939. The van der Waals surface area contributed by atoms with E-state index in [9.17, 15) is 9.59 Å². The van der Waals surface area contributed by atoms with Crippen molar-refractivity contribution in [2.24, 2.45) is 0 Å². The van der Waals surface area contributed by atoms with Crippen LogP contribution >= 0.6 is 22.9 Å². The number of ether oxygens (including phenoxy) is 1. The van der Waals surface area contributed by atoms with Crippen molar-refractivity contribution in [1.82, 2.24) is 4.98 Å². The molecule has 8 heteroatoms. The molecule has 26 heavy (non-hydrogen) atoms. The Morgan fingerprint density at radius 3 is 2.62 bits per heavy atom. The molecule has 0 spiro atoms. The van der Waals surface area contributed by atoms with Gasteiger partial charge in [-0.3, -0.25) is 4.79 Å². The number of carbonyl (C=O) groups excluding carboxylic acids is 2. The second-order valence-corrected chi connectivity index (χ2v) is 6.67. The number of carbonyl (C=O) groups is 2. The minimum atomic E-state index is -0.524. The largest absolute Gasteiger partial charge is 0.465 e. The predicted molar refractivity (Wildman–Crippen MR) is 103 cm³/mol. The Hall–Kier alpha value is -2.90. The van der Waals surface area contributed by atoms with E-state index in [1.165, 1.54) is 25.3 Å².